The van der Waals surface area contributed by atoms with E-state index >= 15 is 0 Å². The fraction of sp³-hybridized carbons (Fsp3) is 0.438. The Morgan fingerprint density at radius 3 is 3.10 bits per heavy atom. The first-order chi connectivity index (χ1) is 9.88. The molecule has 1 saturated heterocycles. The Bertz CT molecular complexity index is 559. The number of rotatable bonds is 5. The summed E-state index contributed by atoms with van der Waals surface area (Å²) in [6.45, 7) is 4.39. The molecule has 0 saturated carbocycles. The highest BCUT2D eigenvalue weighted by atomic mass is 16.5. The maximum absolute atomic E-state index is 5.72. The molecular weight excluding hydrogens is 252 g/mol. The van der Waals surface area contributed by atoms with Gasteiger partial charge in [0.15, 0.2) is 0 Å². The Balaban J connectivity index is 1.88. The molecule has 1 aromatic carbocycles. The van der Waals surface area contributed by atoms with Crippen molar-refractivity contribution in [1.29, 1.82) is 0 Å². The molecular formula is C16H20N2O2. The van der Waals surface area contributed by atoms with E-state index < -0.39 is 0 Å². The first-order valence-electron chi connectivity index (χ1n) is 7.23. The van der Waals surface area contributed by atoms with Gasteiger partial charge in [-0.2, -0.15) is 0 Å². The molecule has 0 spiro atoms. The van der Waals surface area contributed by atoms with Gasteiger partial charge >= 0.3 is 0 Å². The van der Waals surface area contributed by atoms with E-state index in [4.69, 9.17) is 9.47 Å². The van der Waals surface area contributed by atoms with Crippen LogP contribution in [0.1, 0.15) is 19.8 Å². The topological polar surface area (TPSA) is 36.3 Å². The van der Waals surface area contributed by atoms with Crippen LogP contribution in [0.15, 0.2) is 36.7 Å². The summed E-state index contributed by atoms with van der Waals surface area (Å²) in [7, 11) is 0. The van der Waals surface area contributed by atoms with Gasteiger partial charge in [0.05, 0.1) is 24.8 Å². The van der Waals surface area contributed by atoms with Crippen molar-refractivity contribution in [3.8, 4) is 17.1 Å². The second-order valence-corrected chi connectivity index (χ2v) is 4.97. The first-order valence-corrected chi connectivity index (χ1v) is 7.23. The monoisotopic (exact) mass is 272 g/mol. The number of hydrogen-bond donors (Lipinski definition) is 0. The average molecular weight is 272 g/mol. The summed E-state index contributed by atoms with van der Waals surface area (Å²) in [6, 6.07) is 8.05. The molecule has 1 fully saturated rings. The number of para-hydroxylation sites is 1. The van der Waals surface area contributed by atoms with E-state index in [0.29, 0.717) is 12.7 Å². The highest BCUT2D eigenvalue weighted by Crippen LogP contribution is 2.29. The minimum atomic E-state index is 0.308. The van der Waals surface area contributed by atoms with Crippen LogP contribution in [0.2, 0.25) is 0 Å². The van der Waals surface area contributed by atoms with Crippen molar-refractivity contribution in [2.45, 2.75) is 32.4 Å². The predicted molar refractivity (Wildman–Crippen MR) is 77.8 cm³/mol. The van der Waals surface area contributed by atoms with Crippen molar-refractivity contribution in [2.75, 3.05) is 13.2 Å². The van der Waals surface area contributed by atoms with Gasteiger partial charge < -0.3 is 14.0 Å². The van der Waals surface area contributed by atoms with E-state index in [1.807, 2.05) is 37.5 Å². The molecule has 0 aliphatic carbocycles. The second kappa shape index (κ2) is 6.09. The minimum absolute atomic E-state index is 0.308. The minimum Gasteiger partial charge on any atom is -0.493 e. The quantitative estimate of drug-likeness (QED) is 0.839. The Morgan fingerprint density at radius 1 is 1.40 bits per heavy atom. The van der Waals surface area contributed by atoms with Crippen LogP contribution in [0, 0.1) is 0 Å². The molecule has 1 aromatic heterocycles. The zero-order valence-corrected chi connectivity index (χ0v) is 11.8. The van der Waals surface area contributed by atoms with Crippen LogP contribution < -0.4 is 4.74 Å². The second-order valence-electron chi connectivity index (χ2n) is 4.97. The Hall–Kier alpha value is -1.81. The summed E-state index contributed by atoms with van der Waals surface area (Å²) in [5.41, 5.74) is 1.04. The molecule has 1 aliphatic rings. The molecule has 0 radical (unpaired) electrons. The summed E-state index contributed by atoms with van der Waals surface area (Å²) in [5.74, 6) is 1.83. The average Bonchev–Trinajstić information content (AvgIpc) is 3.12. The molecule has 106 valence electrons. The molecule has 2 heterocycles. The lowest BCUT2D eigenvalue weighted by Gasteiger charge is -2.15. The first kappa shape index (κ1) is 13.2. The summed E-state index contributed by atoms with van der Waals surface area (Å²) < 4.78 is 13.6. The van der Waals surface area contributed by atoms with Crippen molar-refractivity contribution in [2.24, 2.45) is 0 Å². The smallest absolute Gasteiger partial charge is 0.143 e. The van der Waals surface area contributed by atoms with E-state index in [9.17, 15) is 0 Å². The molecule has 4 nitrogen and oxygen atoms in total. The highest BCUT2D eigenvalue weighted by molar-refractivity contribution is 5.64. The number of benzene rings is 1. The molecule has 0 N–H and O–H groups in total. The molecule has 2 aromatic rings. The zero-order valence-electron chi connectivity index (χ0n) is 11.8. The van der Waals surface area contributed by atoms with Crippen LogP contribution in [0.3, 0.4) is 0 Å². The van der Waals surface area contributed by atoms with E-state index in [-0.39, 0.29) is 0 Å². The van der Waals surface area contributed by atoms with Crippen LogP contribution in [0.5, 0.6) is 5.75 Å². The van der Waals surface area contributed by atoms with Crippen molar-refractivity contribution >= 4 is 0 Å². The fourth-order valence-corrected chi connectivity index (χ4v) is 2.64. The molecule has 20 heavy (non-hydrogen) atoms. The van der Waals surface area contributed by atoms with Crippen LogP contribution in [0.25, 0.3) is 11.4 Å². The van der Waals surface area contributed by atoms with Crippen molar-refractivity contribution in [3.63, 3.8) is 0 Å². The molecule has 0 bridgehead atoms. The van der Waals surface area contributed by atoms with E-state index in [0.717, 1.165) is 43.1 Å². The molecule has 4 heteroatoms. The molecule has 0 amide bonds. The Labute approximate surface area is 119 Å². The van der Waals surface area contributed by atoms with Gasteiger partial charge in [-0.25, -0.2) is 4.98 Å². The normalized spacial score (nSPS) is 18.4. The highest BCUT2D eigenvalue weighted by Gasteiger charge is 2.18. The largest absolute Gasteiger partial charge is 0.493 e. The van der Waals surface area contributed by atoms with Gasteiger partial charge in [-0.05, 0) is 31.9 Å². The number of ether oxygens (including phenoxy) is 2. The lowest BCUT2D eigenvalue weighted by molar-refractivity contribution is 0.0973. The van der Waals surface area contributed by atoms with Crippen molar-refractivity contribution in [1.82, 2.24) is 9.55 Å². The lowest BCUT2D eigenvalue weighted by Crippen LogP contribution is -2.15. The maximum atomic E-state index is 5.72. The molecule has 3 rings (SSSR count). The van der Waals surface area contributed by atoms with Gasteiger partial charge in [0.1, 0.15) is 11.6 Å². The number of imidazole rings is 1. The fourth-order valence-electron chi connectivity index (χ4n) is 2.64. The zero-order chi connectivity index (χ0) is 13.8. The van der Waals surface area contributed by atoms with E-state index in [2.05, 4.69) is 15.6 Å². The van der Waals surface area contributed by atoms with Gasteiger partial charge in [-0.15, -0.1) is 0 Å². The standard InChI is InChI=1S/C16H20N2O2/c1-2-19-15-8-4-3-7-14(15)16-17-9-10-18(16)12-13-6-5-11-20-13/h3-4,7-10,13H,2,5-6,11-12H2,1H3/t13-/m0/s1. The van der Waals surface area contributed by atoms with Crippen molar-refractivity contribution < 1.29 is 9.47 Å². The number of hydrogen-bond acceptors (Lipinski definition) is 3. The summed E-state index contributed by atoms with van der Waals surface area (Å²) in [5, 5.41) is 0. The third kappa shape index (κ3) is 2.70. The molecule has 1 atom stereocenters. The van der Waals surface area contributed by atoms with E-state index in [1.165, 1.54) is 0 Å². The van der Waals surface area contributed by atoms with Gasteiger partial charge in [-0.3, -0.25) is 0 Å². The number of nitrogens with zero attached hydrogens (tertiary/aromatic N) is 2. The van der Waals surface area contributed by atoms with Gasteiger partial charge in [0.2, 0.25) is 0 Å². The van der Waals surface area contributed by atoms with Crippen LogP contribution in [-0.4, -0.2) is 28.9 Å². The Kier molecular flexibility index (Phi) is 4.02. The maximum Gasteiger partial charge on any atom is 0.143 e. The molecule has 1 aliphatic heterocycles. The van der Waals surface area contributed by atoms with Crippen LogP contribution in [0.4, 0.5) is 0 Å². The molecule has 0 unspecified atom stereocenters. The van der Waals surface area contributed by atoms with Crippen LogP contribution >= 0.6 is 0 Å². The van der Waals surface area contributed by atoms with E-state index in [1.54, 1.807) is 0 Å². The lowest BCUT2D eigenvalue weighted by atomic mass is 10.2. The third-order valence-electron chi connectivity index (χ3n) is 3.57. The van der Waals surface area contributed by atoms with Gasteiger partial charge in [0, 0.05) is 19.0 Å². The third-order valence-corrected chi connectivity index (χ3v) is 3.57. The summed E-state index contributed by atoms with van der Waals surface area (Å²) in [4.78, 5) is 4.50. The van der Waals surface area contributed by atoms with Gasteiger partial charge in [0.25, 0.3) is 0 Å². The van der Waals surface area contributed by atoms with Gasteiger partial charge in [-0.1, -0.05) is 12.1 Å². The number of aromatic nitrogens is 2. The summed E-state index contributed by atoms with van der Waals surface area (Å²) in [6.07, 6.45) is 6.45. The summed E-state index contributed by atoms with van der Waals surface area (Å²) >= 11 is 0. The van der Waals surface area contributed by atoms with Crippen LogP contribution in [-0.2, 0) is 11.3 Å². The predicted octanol–water partition coefficient (Wildman–Crippen LogP) is 3.13. The SMILES string of the molecule is CCOc1ccccc1-c1nccn1C[C@@H]1CCCO1. The Morgan fingerprint density at radius 2 is 2.30 bits per heavy atom. The van der Waals surface area contributed by atoms with Crippen molar-refractivity contribution in [3.05, 3.63) is 36.7 Å².